The zero-order valence-electron chi connectivity index (χ0n) is 12.5. The molecule has 5 heteroatoms. The van der Waals surface area contributed by atoms with E-state index < -0.39 is 0 Å². The molecule has 0 bridgehead atoms. The van der Waals surface area contributed by atoms with Crippen molar-refractivity contribution in [3.8, 4) is 0 Å². The van der Waals surface area contributed by atoms with E-state index in [1.54, 1.807) is 7.11 Å². The van der Waals surface area contributed by atoms with Crippen LogP contribution < -0.4 is 10.6 Å². The van der Waals surface area contributed by atoms with E-state index in [1.807, 2.05) is 7.05 Å². The summed E-state index contributed by atoms with van der Waals surface area (Å²) in [5.74, 6) is 1.52. The zero-order valence-corrected chi connectivity index (χ0v) is 12.5. The molecule has 3 unspecified atom stereocenters. The molecule has 1 heterocycles. The summed E-state index contributed by atoms with van der Waals surface area (Å²) in [6.45, 7) is 7.10. The van der Waals surface area contributed by atoms with Crippen molar-refractivity contribution in [2.75, 3.05) is 33.9 Å². The van der Waals surface area contributed by atoms with Crippen molar-refractivity contribution < 1.29 is 9.47 Å². The maximum Gasteiger partial charge on any atom is 0.191 e. The molecule has 19 heavy (non-hydrogen) atoms. The number of ether oxygens (including phenoxy) is 2. The first-order chi connectivity index (χ1) is 9.11. The summed E-state index contributed by atoms with van der Waals surface area (Å²) in [5.41, 5.74) is 0.186. The van der Waals surface area contributed by atoms with Gasteiger partial charge in [0.25, 0.3) is 0 Å². The number of rotatable bonds is 5. The van der Waals surface area contributed by atoms with Gasteiger partial charge < -0.3 is 20.1 Å². The van der Waals surface area contributed by atoms with Crippen molar-refractivity contribution in [3.05, 3.63) is 0 Å². The maximum atomic E-state index is 5.81. The fraction of sp³-hybridized carbons (Fsp3) is 0.929. The third kappa shape index (κ3) is 2.87. The summed E-state index contributed by atoms with van der Waals surface area (Å²) in [6, 6.07) is 0.452. The number of nitrogens with zero attached hydrogens (tertiary/aromatic N) is 1. The molecule has 0 amide bonds. The van der Waals surface area contributed by atoms with Crippen LogP contribution in [0.3, 0.4) is 0 Å². The summed E-state index contributed by atoms with van der Waals surface area (Å²) < 4.78 is 10.9. The molecule has 0 radical (unpaired) electrons. The second-order valence-corrected chi connectivity index (χ2v) is 6.03. The molecular weight excluding hydrogens is 242 g/mol. The van der Waals surface area contributed by atoms with Gasteiger partial charge in [-0.25, -0.2) is 0 Å². The van der Waals surface area contributed by atoms with E-state index in [1.165, 1.54) is 0 Å². The molecule has 5 nitrogen and oxygen atoms in total. The summed E-state index contributed by atoms with van der Waals surface area (Å²) in [6.07, 6.45) is 2.56. The van der Waals surface area contributed by atoms with Gasteiger partial charge in [-0.3, -0.25) is 4.99 Å². The van der Waals surface area contributed by atoms with Crippen molar-refractivity contribution >= 4 is 5.96 Å². The van der Waals surface area contributed by atoms with Crippen LogP contribution in [0.5, 0.6) is 0 Å². The molecule has 3 atom stereocenters. The molecule has 0 aromatic heterocycles. The number of hydrogen-bond acceptors (Lipinski definition) is 3. The van der Waals surface area contributed by atoms with Crippen LogP contribution in [0.1, 0.15) is 26.7 Å². The Morgan fingerprint density at radius 3 is 2.95 bits per heavy atom. The lowest BCUT2D eigenvalue weighted by molar-refractivity contribution is -0.106. The zero-order chi connectivity index (χ0) is 13.9. The largest absolute Gasteiger partial charge is 0.385 e. The van der Waals surface area contributed by atoms with Gasteiger partial charge in [0.05, 0.1) is 6.10 Å². The number of guanidine groups is 1. The minimum Gasteiger partial charge on any atom is -0.385 e. The molecule has 1 aliphatic heterocycles. The van der Waals surface area contributed by atoms with Gasteiger partial charge >= 0.3 is 0 Å². The van der Waals surface area contributed by atoms with E-state index in [0.29, 0.717) is 18.1 Å². The lowest BCUT2D eigenvalue weighted by atomic mass is 9.57. The Morgan fingerprint density at radius 2 is 2.26 bits per heavy atom. The monoisotopic (exact) mass is 269 g/mol. The molecule has 0 aromatic carbocycles. The number of nitrogens with one attached hydrogen (secondary N) is 2. The van der Waals surface area contributed by atoms with Crippen molar-refractivity contribution in [1.29, 1.82) is 0 Å². The number of fused-ring (bicyclic) bond motifs is 1. The maximum absolute atomic E-state index is 5.81. The molecule has 2 rings (SSSR count). The number of hydrogen-bond donors (Lipinski definition) is 2. The highest BCUT2D eigenvalue weighted by atomic mass is 16.5. The van der Waals surface area contributed by atoms with Crippen molar-refractivity contribution in [2.24, 2.45) is 16.3 Å². The quantitative estimate of drug-likeness (QED) is 0.444. The molecule has 1 aliphatic carbocycles. The van der Waals surface area contributed by atoms with E-state index >= 15 is 0 Å². The topological polar surface area (TPSA) is 54.9 Å². The van der Waals surface area contributed by atoms with Crippen LogP contribution in [0.4, 0.5) is 0 Å². The summed E-state index contributed by atoms with van der Waals surface area (Å²) in [7, 11) is 3.55. The lowest BCUT2D eigenvalue weighted by Gasteiger charge is -2.54. The molecular formula is C14H27N3O2. The fourth-order valence-corrected chi connectivity index (χ4v) is 3.38. The van der Waals surface area contributed by atoms with Crippen LogP contribution in [0.25, 0.3) is 0 Å². The molecule has 110 valence electrons. The van der Waals surface area contributed by atoms with E-state index in [4.69, 9.17) is 9.47 Å². The van der Waals surface area contributed by atoms with Gasteiger partial charge in [0, 0.05) is 51.3 Å². The van der Waals surface area contributed by atoms with Crippen molar-refractivity contribution in [3.63, 3.8) is 0 Å². The van der Waals surface area contributed by atoms with Gasteiger partial charge in [0.1, 0.15) is 0 Å². The molecule has 0 aromatic rings. The van der Waals surface area contributed by atoms with E-state index in [-0.39, 0.29) is 5.41 Å². The van der Waals surface area contributed by atoms with Gasteiger partial charge in [0.2, 0.25) is 0 Å². The van der Waals surface area contributed by atoms with Crippen LogP contribution >= 0.6 is 0 Å². The Bertz CT molecular complexity index is 331. The van der Waals surface area contributed by atoms with E-state index in [0.717, 1.165) is 38.6 Å². The first kappa shape index (κ1) is 14.6. The first-order valence-corrected chi connectivity index (χ1v) is 7.19. The molecule has 0 spiro atoms. The van der Waals surface area contributed by atoms with Gasteiger partial charge in [-0.15, -0.1) is 0 Å². The van der Waals surface area contributed by atoms with Crippen LogP contribution in [0, 0.1) is 11.3 Å². The van der Waals surface area contributed by atoms with E-state index in [2.05, 4.69) is 29.5 Å². The summed E-state index contributed by atoms with van der Waals surface area (Å²) in [5, 5.41) is 6.90. The minimum absolute atomic E-state index is 0.186. The molecule has 1 saturated heterocycles. The Morgan fingerprint density at radius 1 is 1.47 bits per heavy atom. The average Bonchev–Trinajstić information content (AvgIpc) is 2.84. The van der Waals surface area contributed by atoms with Gasteiger partial charge in [0.15, 0.2) is 5.96 Å². The highest BCUT2D eigenvalue weighted by Crippen LogP contribution is 2.51. The SMILES string of the molecule is CN=C(NCCCOC)NC1C2CCOC2C1(C)C. The van der Waals surface area contributed by atoms with Gasteiger partial charge in [-0.05, 0) is 12.8 Å². The Balaban J connectivity index is 1.82. The lowest BCUT2D eigenvalue weighted by Crippen LogP contribution is -2.68. The van der Waals surface area contributed by atoms with Crippen LogP contribution in [0.2, 0.25) is 0 Å². The number of methoxy groups -OCH3 is 1. The van der Waals surface area contributed by atoms with Gasteiger partial charge in [-0.2, -0.15) is 0 Å². The first-order valence-electron chi connectivity index (χ1n) is 7.19. The molecule has 1 saturated carbocycles. The van der Waals surface area contributed by atoms with E-state index in [9.17, 15) is 0 Å². The van der Waals surface area contributed by atoms with Crippen LogP contribution in [-0.2, 0) is 9.47 Å². The van der Waals surface area contributed by atoms with Crippen LogP contribution in [-0.4, -0.2) is 52.0 Å². The van der Waals surface area contributed by atoms with Crippen molar-refractivity contribution in [1.82, 2.24) is 10.6 Å². The highest BCUT2D eigenvalue weighted by molar-refractivity contribution is 5.80. The second kappa shape index (κ2) is 6.09. The summed E-state index contributed by atoms with van der Waals surface area (Å²) in [4.78, 5) is 4.30. The third-order valence-electron chi connectivity index (χ3n) is 4.43. The average molecular weight is 269 g/mol. The Hall–Kier alpha value is -0.810. The Labute approximate surface area is 116 Å². The van der Waals surface area contributed by atoms with Crippen LogP contribution in [0.15, 0.2) is 4.99 Å². The third-order valence-corrected chi connectivity index (χ3v) is 4.43. The smallest absolute Gasteiger partial charge is 0.191 e. The predicted octanol–water partition coefficient (Wildman–Crippen LogP) is 1.00. The normalized spacial score (nSPS) is 32.6. The summed E-state index contributed by atoms with van der Waals surface area (Å²) >= 11 is 0. The predicted molar refractivity (Wildman–Crippen MR) is 76.4 cm³/mol. The standard InChI is InChI=1S/C14H27N3O2/c1-14(2)11(10-6-9-19-12(10)14)17-13(15-3)16-7-5-8-18-4/h10-12H,5-9H2,1-4H3,(H2,15,16,17). The highest BCUT2D eigenvalue weighted by Gasteiger charge is 2.59. The van der Waals surface area contributed by atoms with Gasteiger partial charge in [-0.1, -0.05) is 13.8 Å². The minimum atomic E-state index is 0.186. The molecule has 2 N–H and O–H groups in total. The second-order valence-electron chi connectivity index (χ2n) is 6.03. The Kier molecular flexibility index (Phi) is 4.68. The fourth-order valence-electron chi connectivity index (χ4n) is 3.38. The van der Waals surface area contributed by atoms with Crippen molar-refractivity contribution in [2.45, 2.75) is 38.8 Å². The number of aliphatic imine (C=N–C) groups is 1. The molecule has 2 fully saturated rings. The molecule has 2 aliphatic rings.